The maximum atomic E-state index is 9.30. The van der Waals surface area contributed by atoms with E-state index in [1.807, 2.05) is 30.5 Å². The Balaban J connectivity index is 3.18. The molecule has 17 heavy (non-hydrogen) atoms. The summed E-state index contributed by atoms with van der Waals surface area (Å²) in [6.45, 7) is 7.64. The van der Waals surface area contributed by atoms with E-state index in [9.17, 15) is 5.26 Å². The van der Waals surface area contributed by atoms with E-state index in [4.69, 9.17) is 0 Å². The van der Waals surface area contributed by atoms with Crippen molar-refractivity contribution in [3.8, 4) is 6.07 Å². The lowest BCUT2D eigenvalue weighted by molar-refractivity contribution is 0.814. The molecule has 0 saturated carbocycles. The van der Waals surface area contributed by atoms with Crippen LogP contribution in [0.1, 0.15) is 18.9 Å². The van der Waals surface area contributed by atoms with Gasteiger partial charge in [-0.2, -0.15) is 5.26 Å². The van der Waals surface area contributed by atoms with E-state index in [0.29, 0.717) is 0 Å². The van der Waals surface area contributed by atoms with Gasteiger partial charge in [-0.1, -0.05) is 19.1 Å². The van der Waals surface area contributed by atoms with Crippen molar-refractivity contribution in [1.29, 1.82) is 5.26 Å². The molecule has 0 unspecified atom stereocenters. The fourth-order valence-electron chi connectivity index (χ4n) is 1.80. The Labute approximate surface area is 108 Å². The Bertz CT molecular complexity index is 421. The third-order valence-electron chi connectivity index (χ3n) is 2.52. The second-order valence-corrected chi connectivity index (χ2v) is 4.55. The van der Waals surface area contributed by atoms with Crippen LogP contribution in [0, 0.1) is 11.3 Å². The van der Waals surface area contributed by atoms with Gasteiger partial charge in [0.15, 0.2) is 0 Å². The van der Waals surface area contributed by atoms with Crippen molar-refractivity contribution in [2.75, 3.05) is 24.2 Å². The largest absolute Gasteiger partial charge is 0.367 e. The summed E-state index contributed by atoms with van der Waals surface area (Å²) in [5, 5.41) is 9.30. The van der Waals surface area contributed by atoms with Gasteiger partial charge in [0.2, 0.25) is 0 Å². The molecule has 0 N–H and O–H groups in total. The minimum absolute atomic E-state index is 0.773. The second kappa shape index (κ2) is 7.03. The van der Waals surface area contributed by atoms with Crippen LogP contribution in [0.3, 0.4) is 0 Å². The zero-order valence-corrected chi connectivity index (χ0v) is 11.3. The molecule has 0 heterocycles. The molecule has 0 bridgehead atoms. The van der Waals surface area contributed by atoms with E-state index >= 15 is 0 Å². The van der Waals surface area contributed by atoms with E-state index in [1.165, 1.54) is 0 Å². The number of anilines is 1. The zero-order valence-electron chi connectivity index (χ0n) is 10.4. The van der Waals surface area contributed by atoms with Crippen molar-refractivity contribution in [3.05, 3.63) is 36.4 Å². The van der Waals surface area contributed by atoms with Crippen molar-refractivity contribution < 1.29 is 0 Å². The lowest BCUT2D eigenvalue weighted by Gasteiger charge is -2.24. The Morgan fingerprint density at radius 1 is 1.53 bits per heavy atom. The van der Waals surface area contributed by atoms with Crippen LogP contribution in [-0.4, -0.2) is 19.3 Å². The van der Waals surface area contributed by atoms with E-state index < -0.39 is 0 Å². The predicted molar refractivity (Wildman–Crippen MR) is 75.6 cm³/mol. The van der Waals surface area contributed by atoms with E-state index in [0.717, 1.165) is 35.7 Å². The van der Waals surface area contributed by atoms with Gasteiger partial charge in [0.05, 0.1) is 11.3 Å². The van der Waals surface area contributed by atoms with Gasteiger partial charge in [-0.05, 0) is 24.8 Å². The first-order valence-electron chi connectivity index (χ1n) is 5.71. The second-order valence-electron chi connectivity index (χ2n) is 3.70. The number of benzene rings is 1. The molecule has 0 radical (unpaired) electrons. The zero-order chi connectivity index (χ0) is 12.7. The standard InChI is InChI=1S/C14H18N2S/c1-4-9-16(10-5-2)13-7-6-8-14(17-3)12(13)11-15/h4,6-8H,1,5,9-10H2,2-3H3. The predicted octanol–water partition coefficient (Wildman–Crippen LogP) is 3.68. The van der Waals surface area contributed by atoms with Crippen LogP contribution in [0.2, 0.25) is 0 Å². The van der Waals surface area contributed by atoms with Crippen LogP contribution >= 0.6 is 11.8 Å². The summed E-state index contributed by atoms with van der Waals surface area (Å²) in [5.74, 6) is 0. The number of nitrogens with zero attached hydrogens (tertiary/aromatic N) is 2. The van der Waals surface area contributed by atoms with E-state index in [-0.39, 0.29) is 0 Å². The lowest BCUT2D eigenvalue weighted by Crippen LogP contribution is -2.25. The van der Waals surface area contributed by atoms with Crippen molar-refractivity contribution in [1.82, 2.24) is 0 Å². The summed E-state index contributed by atoms with van der Waals surface area (Å²) in [6, 6.07) is 8.33. The highest BCUT2D eigenvalue weighted by Crippen LogP contribution is 2.29. The maximum Gasteiger partial charge on any atom is 0.103 e. The van der Waals surface area contributed by atoms with Gasteiger partial charge in [0.1, 0.15) is 6.07 Å². The van der Waals surface area contributed by atoms with Crippen molar-refractivity contribution in [2.45, 2.75) is 18.2 Å². The minimum atomic E-state index is 0.773. The molecule has 0 saturated heterocycles. The average Bonchev–Trinajstić information content (AvgIpc) is 2.37. The van der Waals surface area contributed by atoms with E-state index in [1.54, 1.807) is 11.8 Å². The summed E-state index contributed by atoms with van der Waals surface area (Å²) in [7, 11) is 0. The Morgan fingerprint density at radius 3 is 2.82 bits per heavy atom. The fraction of sp³-hybridized carbons (Fsp3) is 0.357. The SMILES string of the molecule is C=CCN(CCC)c1cccc(SC)c1C#N. The van der Waals surface area contributed by atoms with Gasteiger partial charge in [-0.15, -0.1) is 18.3 Å². The third kappa shape index (κ3) is 3.28. The van der Waals surface area contributed by atoms with Crippen molar-refractivity contribution in [2.24, 2.45) is 0 Å². The molecule has 0 aromatic heterocycles. The smallest absolute Gasteiger partial charge is 0.103 e. The average molecular weight is 246 g/mol. The Morgan fingerprint density at radius 2 is 2.29 bits per heavy atom. The number of hydrogen-bond acceptors (Lipinski definition) is 3. The molecule has 0 aliphatic heterocycles. The molecular formula is C14H18N2S. The Hall–Kier alpha value is -1.40. The number of nitriles is 1. The summed E-state index contributed by atoms with van der Waals surface area (Å²) in [5.41, 5.74) is 1.79. The minimum Gasteiger partial charge on any atom is -0.367 e. The van der Waals surface area contributed by atoms with Gasteiger partial charge in [0.25, 0.3) is 0 Å². The van der Waals surface area contributed by atoms with Crippen LogP contribution in [0.5, 0.6) is 0 Å². The lowest BCUT2D eigenvalue weighted by atomic mass is 10.1. The first kappa shape index (κ1) is 13.7. The molecule has 0 amide bonds. The summed E-state index contributed by atoms with van der Waals surface area (Å²) in [4.78, 5) is 3.24. The normalized spacial score (nSPS) is 9.71. The van der Waals surface area contributed by atoms with Crippen molar-refractivity contribution >= 4 is 17.4 Å². The Kier molecular flexibility index (Phi) is 5.65. The highest BCUT2D eigenvalue weighted by atomic mass is 32.2. The molecule has 3 heteroatoms. The molecular weight excluding hydrogens is 228 g/mol. The maximum absolute atomic E-state index is 9.30. The molecule has 0 aliphatic carbocycles. The topological polar surface area (TPSA) is 27.0 Å². The highest BCUT2D eigenvalue weighted by Gasteiger charge is 2.12. The number of hydrogen-bond donors (Lipinski definition) is 0. The molecule has 1 aromatic carbocycles. The molecule has 1 rings (SSSR count). The summed E-state index contributed by atoms with van der Waals surface area (Å²) < 4.78 is 0. The van der Waals surface area contributed by atoms with Crippen LogP contribution in [-0.2, 0) is 0 Å². The monoisotopic (exact) mass is 246 g/mol. The van der Waals surface area contributed by atoms with Crippen LogP contribution in [0.15, 0.2) is 35.7 Å². The molecule has 2 nitrogen and oxygen atoms in total. The molecule has 0 spiro atoms. The van der Waals surface area contributed by atoms with Crippen LogP contribution in [0.25, 0.3) is 0 Å². The van der Waals surface area contributed by atoms with Crippen molar-refractivity contribution in [3.63, 3.8) is 0 Å². The first-order valence-corrected chi connectivity index (χ1v) is 6.93. The summed E-state index contributed by atoms with van der Waals surface area (Å²) >= 11 is 1.61. The highest BCUT2D eigenvalue weighted by molar-refractivity contribution is 7.98. The molecule has 0 atom stereocenters. The molecule has 0 fully saturated rings. The number of rotatable bonds is 6. The quantitative estimate of drug-likeness (QED) is 0.566. The molecule has 0 aliphatic rings. The summed E-state index contributed by atoms with van der Waals surface area (Å²) in [6.07, 6.45) is 4.93. The fourth-order valence-corrected chi connectivity index (χ4v) is 2.37. The van der Waals surface area contributed by atoms with Gasteiger partial charge in [0, 0.05) is 18.0 Å². The van der Waals surface area contributed by atoms with Gasteiger partial charge in [-0.25, -0.2) is 0 Å². The molecule has 90 valence electrons. The van der Waals surface area contributed by atoms with Crippen LogP contribution in [0.4, 0.5) is 5.69 Å². The van der Waals surface area contributed by atoms with Gasteiger partial charge in [-0.3, -0.25) is 0 Å². The van der Waals surface area contributed by atoms with E-state index in [2.05, 4.69) is 24.5 Å². The van der Waals surface area contributed by atoms with Gasteiger partial charge < -0.3 is 4.90 Å². The first-order chi connectivity index (χ1) is 8.28. The molecule has 1 aromatic rings. The number of thioether (sulfide) groups is 1. The van der Waals surface area contributed by atoms with Crippen LogP contribution < -0.4 is 4.90 Å². The third-order valence-corrected chi connectivity index (χ3v) is 3.30. The van der Waals surface area contributed by atoms with Gasteiger partial charge >= 0.3 is 0 Å².